The van der Waals surface area contributed by atoms with Crippen LogP contribution in [0.1, 0.15) is 25.7 Å². The van der Waals surface area contributed by atoms with Crippen molar-refractivity contribution in [3.05, 3.63) is 35.5 Å². The third-order valence-electron chi connectivity index (χ3n) is 5.06. The third-order valence-corrected chi connectivity index (χ3v) is 5.27. The Kier molecular flexibility index (Phi) is 5.48. The summed E-state index contributed by atoms with van der Waals surface area (Å²) in [4.78, 5) is 27.4. The third kappa shape index (κ3) is 4.09. The molecule has 1 aliphatic carbocycles. The standard InChI is InChI=1S/C19H20ClFN6O2/c1-29-19(28)26-15-5-3-2-4-14(15)25-18-13(21)9-24-17(27-18)12-8-23-16-11(12)6-10(20)7-22-16/h6-9,14-15H,2-5H2,1H3,(H,22,23)(H,26,28)(H,24,25,27)/t14-,15+/m0/s1. The molecule has 8 nitrogen and oxygen atoms in total. The lowest BCUT2D eigenvalue weighted by molar-refractivity contribution is 0.161. The lowest BCUT2D eigenvalue weighted by Gasteiger charge is -2.32. The van der Waals surface area contributed by atoms with E-state index in [1.54, 1.807) is 18.5 Å². The fourth-order valence-corrected chi connectivity index (χ4v) is 3.78. The maximum absolute atomic E-state index is 14.5. The minimum atomic E-state index is -0.563. The number of aromatic nitrogens is 4. The number of carbonyl (C=O) groups is 1. The van der Waals surface area contributed by atoms with Crippen LogP contribution in [0.2, 0.25) is 5.02 Å². The first-order valence-electron chi connectivity index (χ1n) is 9.31. The molecule has 3 aromatic heterocycles. The lowest BCUT2D eigenvalue weighted by atomic mass is 9.90. The van der Waals surface area contributed by atoms with Crippen LogP contribution < -0.4 is 10.6 Å². The van der Waals surface area contributed by atoms with Gasteiger partial charge in [0.2, 0.25) is 0 Å². The summed E-state index contributed by atoms with van der Waals surface area (Å²) < 4.78 is 19.2. The number of fused-ring (bicyclic) bond motifs is 1. The molecule has 3 aromatic rings. The number of aromatic amines is 1. The van der Waals surface area contributed by atoms with Crippen molar-refractivity contribution in [3.63, 3.8) is 0 Å². The van der Waals surface area contributed by atoms with E-state index in [9.17, 15) is 9.18 Å². The Balaban J connectivity index is 1.62. The molecule has 1 fully saturated rings. The van der Waals surface area contributed by atoms with Crippen molar-refractivity contribution < 1.29 is 13.9 Å². The minimum absolute atomic E-state index is 0.0860. The summed E-state index contributed by atoms with van der Waals surface area (Å²) in [6.45, 7) is 0. The fourth-order valence-electron chi connectivity index (χ4n) is 3.62. The van der Waals surface area contributed by atoms with Crippen LogP contribution in [-0.4, -0.2) is 45.2 Å². The molecule has 3 N–H and O–H groups in total. The van der Waals surface area contributed by atoms with Crippen LogP contribution in [0.5, 0.6) is 0 Å². The molecule has 0 aliphatic heterocycles. The van der Waals surface area contributed by atoms with Crippen LogP contribution in [-0.2, 0) is 4.74 Å². The van der Waals surface area contributed by atoms with Gasteiger partial charge < -0.3 is 20.4 Å². The Morgan fingerprint density at radius 2 is 2.07 bits per heavy atom. The topological polar surface area (TPSA) is 105 Å². The SMILES string of the molecule is COC(=O)N[C@@H]1CCCC[C@@H]1Nc1nc(-c2c[nH]c3ncc(Cl)cc23)ncc1F. The number of hydrogen-bond donors (Lipinski definition) is 3. The first-order chi connectivity index (χ1) is 14.0. The molecule has 152 valence electrons. The van der Waals surface area contributed by atoms with E-state index in [0.717, 1.165) is 37.3 Å². The molecule has 4 rings (SSSR count). The fraction of sp³-hybridized carbons (Fsp3) is 0.368. The zero-order chi connectivity index (χ0) is 20.4. The Bertz CT molecular complexity index is 1040. The van der Waals surface area contributed by atoms with E-state index in [0.29, 0.717) is 22.1 Å². The smallest absolute Gasteiger partial charge is 0.407 e. The van der Waals surface area contributed by atoms with Gasteiger partial charge in [0, 0.05) is 29.4 Å². The molecule has 1 aliphatic rings. The van der Waals surface area contributed by atoms with Crippen molar-refractivity contribution in [2.75, 3.05) is 12.4 Å². The zero-order valence-electron chi connectivity index (χ0n) is 15.7. The summed E-state index contributed by atoms with van der Waals surface area (Å²) in [7, 11) is 1.32. The second kappa shape index (κ2) is 8.20. The van der Waals surface area contributed by atoms with Crippen molar-refractivity contribution in [3.8, 4) is 11.4 Å². The van der Waals surface area contributed by atoms with Gasteiger partial charge in [0.05, 0.1) is 24.4 Å². The Hall–Kier alpha value is -2.94. The van der Waals surface area contributed by atoms with E-state index in [-0.39, 0.29) is 17.9 Å². The first kappa shape index (κ1) is 19.4. The number of pyridine rings is 1. The maximum Gasteiger partial charge on any atom is 0.407 e. The van der Waals surface area contributed by atoms with Crippen LogP contribution in [0.3, 0.4) is 0 Å². The van der Waals surface area contributed by atoms with Gasteiger partial charge in [0.15, 0.2) is 17.5 Å². The van der Waals surface area contributed by atoms with Crippen LogP contribution >= 0.6 is 11.6 Å². The highest BCUT2D eigenvalue weighted by Gasteiger charge is 2.28. The van der Waals surface area contributed by atoms with Crippen molar-refractivity contribution in [2.45, 2.75) is 37.8 Å². The number of halogens is 2. The van der Waals surface area contributed by atoms with E-state index >= 15 is 0 Å². The summed E-state index contributed by atoms with van der Waals surface area (Å²) in [6, 6.07) is 1.41. The average molecular weight is 419 g/mol. The van der Waals surface area contributed by atoms with Gasteiger partial charge in [-0.3, -0.25) is 0 Å². The number of H-pyrrole nitrogens is 1. The quantitative estimate of drug-likeness (QED) is 0.593. The summed E-state index contributed by atoms with van der Waals surface area (Å²) in [5, 5.41) is 7.19. The van der Waals surface area contributed by atoms with Crippen molar-refractivity contribution in [1.82, 2.24) is 25.3 Å². The van der Waals surface area contributed by atoms with Gasteiger partial charge in [-0.1, -0.05) is 24.4 Å². The number of hydrogen-bond acceptors (Lipinski definition) is 6. The number of amides is 1. The van der Waals surface area contributed by atoms with Gasteiger partial charge in [-0.2, -0.15) is 0 Å². The summed E-state index contributed by atoms with van der Waals surface area (Å²) in [5.74, 6) is -0.132. The molecule has 0 spiro atoms. The molecule has 2 atom stereocenters. The largest absolute Gasteiger partial charge is 0.453 e. The predicted molar refractivity (Wildman–Crippen MR) is 107 cm³/mol. The summed E-state index contributed by atoms with van der Waals surface area (Å²) >= 11 is 6.06. The Labute approximate surface area is 171 Å². The van der Waals surface area contributed by atoms with Crippen LogP contribution in [0.4, 0.5) is 15.0 Å². The van der Waals surface area contributed by atoms with E-state index in [1.807, 2.05) is 0 Å². The monoisotopic (exact) mass is 418 g/mol. The molecule has 0 aromatic carbocycles. The van der Waals surface area contributed by atoms with Gasteiger partial charge >= 0.3 is 6.09 Å². The number of alkyl carbamates (subject to hydrolysis) is 1. The van der Waals surface area contributed by atoms with E-state index in [1.165, 1.54) is 7.11 Å². The molecular weight excluding hydrogens is 399 g/mol. The average Bonchev–Trinajstić information content (AvgIpc) is 3.14. The Morgan fingerprint density at radius 3 is 2.86 bits per heavy atom. The summed E-state index contributed by atoms with van der Waals surface area (Å²) in [6.07, 6.45) is 7.39. The normalized spacial score (nSPS) is 19.1. The molecule has 1 amide bonds. The molecule has 0 bridgehead atoms. The van der Waals surface area contributed by atoms with Crippen molar-refractivity contribution >= 4 is 34.5 Å². The summed E-state index contributed by atoms with van der Waals surface area (Å²) in [5.41, 5.74) is 1.31. The minimum Gasteiger partial charge on any atom is -0.453 e. The van der Waals surface area contributed by atoms with Gasteiger partial charge in [0.25, 0.3) is 0 Å². The highest BCUT2D eigenvalue weighted by Crippen LogP contribution is 2.29. The first-order valence-corrected chi connectivity index (χ1v) is 9.69. The number of methoxy groups -OCH3 is 1. The Morgan fingerprint density at radius 1 is 1.28 bits per heavy atom. The predicted octanol–water partition coefficient (Wildman–Crippen LogP) is 3.89. The highest BCUT2D eigenvalue weighted by molar-refractivity contribution is 6.31. The molecule has 10 heteroatoms. The second-order valence-electron chi connectivity index (χ2n) is 6.92. The molecule has 0 saturated heterocycles. The molecule has 3 heterocycles. The van der Waals surface area contributed by atoms with Crippen molar-refractivity contribution in [2.24, 2.45) is 0 Å². The lowest BCUT2D eigenvalue weighted by Crippen LogP contribution is -2.48. The van der Waals surface area contributed by atoms with Gasteiger partial charge in [0.1, 0.15) is 5.65 Å². The number of nitrogens with zero attached hydrogens (tertiary/aromatic N) is 3. The number of carbonyl (C=O) groups excluding carboxylic acids is 1. The number of anilines is 1. The van der Waals surface area contributed by atoms with E-state index in [4.69, 9.17) is 16.3 Å². The van der Waals surface area contributed by atoms with Gasteiger partial charge in [-0.05, 0) is 18.9 Å². The van der Waals surface area contributed by atoms with Crippen molar-refractivity contribution in [1.29, 1.82) is 0 Å². The molecule has 29 heavy (non-hydrogen) atoms. The van der Waals surface area contributed by atoms with E-state index < -0.39 is 11.9 Å². The second-order valence-corrected chi connectivity index (χ2v) is 7.36. The molecule has 1 saturated carbocycles. The van der Waals surface area contributed by atoms with Crippen LogP contribution in [0.25, 0.3) is 22.4 Å². The highest BCUT2D eigenvalue weighted by atomic mass is 35.5. The van der Waals surface area contributed by atoms with E-state index in [2.05, 4.69) is 30.6 Å². The van der Waals surface area contributed by atoms with Gasteiger partial charge in [-0.25, -0.2) is 24.1 Å². The molecule has 0 unspecified atom stereocenters. The van der Waals surface area contributed by atoms with Crippen LogP contribution in [0.15, 0.2) is 24.7 Å². The van der Waals surface area contributed by atoms with Crippen LogP contribution in [0, 0.1) is 5.82 Å². The molecular formula is C19H20ClFN6O2. The van der Waals surface area contributed by atoms with Gasteiger partial charge in [-0.15, -0.1) is 0 Å². The molecule has 0 radical (unpaired) electrons. The number of nitrogens with one attached hydrogen (secondary N) is 3. The number of rotatable bonds is 4. The zero-order valence-corrected chi connectivity index (χ0v) is 16.5. The number of ether oxygens (including phenoxy) is 1. The maximum atomic E-state index is 14.5.